The molecule has 0 aliphatic rings. The quantitative estimate of drug-likeness (QED) is 0.882. The van der Waals surface area contributed by atoms with Gasteiger partial charge in [-0.2, -0.15) is 13.2 Å². The van der Waals surface area contributed by atoms with E-state index in [0.717, 1.165) is 9.35 Å². The van der Waals surface area contributed by atoms with E-state index in [2.05, 4.69) is 21.2 Å². The highest BCUT2D eigenvalue weighted by Gasteiger charge is 2.26. The Balaban J connectivity index is 2.37. The minimum atomic E-state index is -4.08. The first-order valence-corrected chi connectivity index (χ1v) is 6.10. The molecule has 0 saturated heterocycles. The Labute approximate surface area is 98.8 Å². The number of nitrogens with one attached hydrogen (secondary N) is 1. The van der Waals surface area contributed by atoms with Gasteiger partial charge in [0.1, 0.15) is 0 Å². The van der Waals surface area contributed by atoms with E-state index in [1.807, 2.05) is 18.4 Å². The second-order valence-corrected chi connectivity index (χ2v) is 4.98. The van der Waals surface area contributed by atoms with E-state index < -0.39 is 12.6 Å². The van der Waals surface area contributed by atoms with Crippen LogP contribution in [0.25, 0.3) is 0 Å². The molecule has 1 aromatic rings. The minimum Gasteiger partial charge on any atom is -0.309 e. The first-order chi connectivity index (χ1) is 6.90. The summed E-state index contributed by atoms with van der Waals surface area (Å²) in [6, 6.07) is 1.84. The number of alkyl halides is 3. The molecule has 1 atom stereocenters. The lowest BCUT2D eigenvalue weighted by Crippen LogP contribution is -2.24. The molecule has 0 radical (unpaired) electrons. The molecule has 1 unspecified atom stereocenters. The fourth-order valence-electron chi connectivity index (χ4n) is 1.14. The number of hydrogen-bond acceptors (Lipinski definition) is 2. The lowest BCUT2D eigenvalue weighted by atomic mass is 10.2. The molecule has 1 N–H and O–H groups in total. The molecule has 1 heterocycles. The molecule has 0 amide bonds. The molecule has 0 aromatic carbocycles. The average molecular weight is 302 g/mol. The van der Waals surface area contributed by atoms with E-state index in [1.54, 1.807) is 0 Å². The van der Waals surface area contributed by atoms with Crippen molar-refractivity contribution < 1.29 is 13.2 Å². The van der Waals surface area contributed by atoms with E-state index in [-0.39, 0.29) is 12.6 Å². The summed E-state index contributed by atoms with van der Waals surface area (Å²) >= 11 is 4.87. The SMILES string of the molecule is CC(NCCC(F)(F)F)c1sccc1Br. The second kappa shape index (κ2) is 5.32. The van der Waals surface area contributed by atoms with Crippen molar-refractivity contribution in [2.75, 3.05) is 6.54 Å². The number of hydrogen-bond donors (Lipinski definition) is 1. The summed E-state index contributed by atoms with van der Waals surface area (Å²) in [4.78, 5) is 1.03. The molecule has 1 aromatic heterocycles. The van der Waals surface area contributed by atoms with Crippen LogP contribution < -0.4 is 5.32 Å². The molecular weight excluding hydrogens is 291 g/mol. The van der Waals surface area contributed by atoms with Gasteiger partial charge in [-0.3, -0.25) is 0 Å². The van der Waals surface area contributed by atoms with Crippen LogP contribution in [0, 0.1) is 0 Å². The molecule has 0 aliphatic carbocycles. The molecule has 0 aliphatic heterocycles. The Morgan fingerprint density at radius 3 is 2.67 bits per heavy atom. The highest BCUT2D eigenvalue weighted by Crippen LogP contribution is 2.29. The van der Waals surface area contributed by atoms with Crippen LogP contribution in [-0.4, -0.2) is 12.7 Å². The van der Waals surface area contributed by atoms with Crippen molar-refractivity contribution in [3.05, 3.63) is 20.8 Å². The van der Waals surface area contributed by atoms with Crippen molar-refractivity contribution in [1.29, 1.82) is 0 Å². The Morgan fingerprint density at radius 1 is 1.53 bits per heavy atom. The molecule has 1 rings (SSSR count). The van der Waals surface area contributed by atoms with E-state index in [9.17, 15) is 13.2 Å². The van der Waals surface area contributed by atoms with Crippen molar-refractivity contribution in [2.45, 2.75) is 25.6 Å². The van der Waals surface area contributed by atoms with Gasteiger partial charge in [-0.25, -0.2) is 0 Å². The molecule has 86 valence electrons. The summed E-state index contributed by atoms with van der Waals surface area (Å²) < 4.78 is 36.6. The van der Waals surface area contributed by atoms with Crippen molar-refractivity contribution in [1.82, 2.24) is 5.32 Å². The Bertz CT molecular complexity index is 311. The van der Waals surface area contributed by atoms with Crippen LogP contribution in [0.15, 0.2) is 15.9 Å². The van der Waals surface area contributed by atoms with Gasteiger partial charge in [0.15, 0.2) is 0 Å². The zero-order valence-electron chi connectivity index (χ0n) is 8.07. The lowest BCUT2D eigenvalue weighted by Gasteiger charge is -2.13. The fraction of sp³-hybridized carbons (Fsp3) is 0.556. The zero-order chi connectivity index (χ0) is 11.5. The predicted molar refractivity (Wildman–Crippen MR) is 59.1 cm³/mol. The van der Waals surface area contributed by atoms with E-state index >= 15 is 0 Å². The van der Waals surface area contributed by atoms with Gasteiger partial charge in [0, 0.05) is 21.9 Å². The van der Waals surface area contributed by atoms with Gasteiger partial charge in [0.2, 0.25) is 0 Å². The fourth-order valence-corrected chi connectivity index (χ4v) is 2.89. The number of thiophene rings is 1. The van der Waals surface area contributed by atoms with Crippen LogP contribution in [0.4, 0.5) is 13.2 Å². The zero-order valence-corrected chi connectivity index (χ0v) is 10.5. The van der Waals surface area contributed by atoms with Crippen molar-refractivity contribution in [3.8, 4) is 0 Å². The van der Waals surface area contributed by atoms with Crippen LogP contribution >= 0.6 is 27.3 Å². The Morgan fingerprint density at radius 2 is 2.20 bits per heavy atom. The minimum absolute atomic E-state index is 0.0466. The molecule has 0 fully saturated rings. The monoisotopic (exact) mass is 301 g/mol. The molecule has 1 nitrogen and oxygen atoms in total. The van der Waals surface area contributed by atoms with Crippen LogP contribution in [-0.2, 0) is 0 Å². The normalized spacial score (nSPS) is 14.2. The van der Waals surface area contributed by atoms with Crippen LogP contribution in [0.2, 0.25) is 0 Å². The maximum Gasteiger partial charge on any atom is 0.390 e. The Hall–Kier alpha value is -0.0700. The highest BCUT2D eigenvalue weighted by molar-refractivity contribution is 9.10. The average Bonchev–Trinajstić information content (AvgIpc) is 2.48. The smallest absolute Gasteiger partial charge is 0.309 e. The lowest BCUT2D eigenvalue weighted by molar-refractivity contribution is -0.133. The van der Waals surface area contributed by atoms with Crippen molar-refractivity contribution in [3.63, 3.8) is 0 Å². The topological polar surface area (TPSA) is 12.0 Å². The molecule has 0 saturated carbocycles. The molecule has 6 heteroatoms. The third kappa shape index (κ3) is 4.53. The third-order valence-corrected chi connectivity index (χ3v) is 3.95. The van der Waals surface area contributed by atoms with Crippen LogP contribution in [0.3, 0.4) is 0 Å². The van der Waals surface area contributed by atoms with Gasteiger partial charge < -0.3 is 5.32 Å². The van der Waals surface area contributed by atoms with Gasteiger partial charge in [0.05, 0.1) is 6.42 Å². The maximum atomic E-state index is 11.9. The summed E-state index contributed by atoms with van der Waals surface area (Å²) in [5.74, 6) is 0. The summed E-state index contributed by atoms with van der Waals surface area (Å²) in [5, 5.41) is 4.75. The largest absolute Gasteiger partial charge is 0.390 e. The maximum absolute atomic E-state index is 11.9. The summed E-state index contributed by atoms with van der Waals surface area (Å²) in [7, 11) is 0. The molecular formula is C9H11BrF3NS. The molecule has 0 bridgehead atoms. The molecule has 15 heavy (non-hydrogen) atoms. The Kier molecular flexibility index (Phi) is 4.61. The standard InChI is InChI=1S/C9H11BrF3NS/c1-6(8-7(10)2-5-15-8)14-4-3-9(11,12)13/h2,5-6,14H,3-4H2,1H3. The van der Waals surface area contributed by atoms with Gasteiger partial charge in [0.25, 0.3) is 0 Å². The van der Waals surface area contributed by atoms with Gasteiger partial charge >= 0.3 is 6.18 Å². The van der Waals surface area contributed by atoms with Gasteiger partial charge in [-0.15, -0.1) is 11.3 Å². The predicted octanol–water partition coefficient (Wildman–Crippen LogP) is 4.11. The van der Waals surface area contributed by atoms with E-state index in [1.165, 1.54) is 11.3 Å². The van der Waals surface area contributed by atoms with Crippen LogP contribution in [0.5, 0.6) is 0 Å². The first-order valence-electron chi connectivity index (χ1n) is 4.43. The van der Waals surface area contributed by atoms with Crippen molar-refractivity contribution >= 4 is 27.3 Å². The highest BCUT2D eigenvalue weighted by atomic mass is 79.9. The second-order valence-electron chi connectivity index (χ2n) is 3.17. The van der Waals surface area contributed by atoms with Crippen LogP contribution in [0.1, 0.15) is 24.3 Å². The van der Waals surface area contributed by atoms with E-state index in [0.29, 0.717) is 0 Å². The van der Waals surface area contributed by atoms with E-state index in [4.69, 9.17) is 0 Å². The van der Waals surface area contributed by atoms with Crippen molar-refractivity contribution in [2.24, 2.45) is 0 Å². The summed E-state index contributed by atoms with van der Waals surface area (Å²) in [6.45, 7) is 1.81. The van der Waals surface area contributed by atoms with Gasteiger partial charge in [-0.05, 0) is 34.3 Å². The van der Waals surface area contributed by atoms with Gasteiger partial charge in [-0.1, -0.05) is 0 Å². The summed E-state index contributed by atoms with van der Waals surface area (Å²) in [6.07, 6.45) is -4.88. The third-order valence-electron chi connectivity index (χ3n) is 1.90. The summed E-state index contributed by atoms with van der Waals surface area (Å²) in [5.41, 5.74) is 0. The molecule has 0 spiro atoms. The number of halogens is 4. The number of rotatable bonds is 4. The first kappa shape index (κ1) is 13.0.